The van der Waals surface area contributed by atoms with Crippen LogP contribution in [0.1, 0.15) is 19.3 Å². The predicted octanol–water partition coefficient (Wildman–Crippen LogP) is 2.68. The molecular weight excluding hydrogens is 378 g/mol. The van der Waals surface area contributed by atoms with Crippen LogP contribution in [0.5, 0.6) is 5.75 Å². The van der Waals surface area contributed by atoms with Gasteiger partial charge in [0, 0.05) is 31.1 Å². The Morgan fingerprint density at radius 2 is 2.10 bits per heavy atom. The van der Waals surface area contributed by atoms with Gasteiger partial charge in [-0.1, -0.05) is 6.07 Å². The number of hydrogen-bond donors (Lipinski definition) is 0. The molecular formula is C21H22F2N4O2. The van der Waals surface area contributed by atoms with Crippen LogP contribution in [0.25, 0.3) is 10.9 Å². The Morgan fingerprint density at radius 3 is 2.86 bits per heavy atom. The monoisotopic (exact) mass is 400 g/mol. The van der Waals surface area contributed by atoms with Gasteiger partial charge in [-0.2, -0.15) is 5.26 Å². The second-order valence-corrected chi connectivity index (χ2v) is 7.56. The number of amides is 1. The highest BCUT2D eigenvalue weighted by molar-refractivity contribution is 5.85. The number of benzene rings is 1. The lowest BCUT2D eigenvalue weighted by Gasteiger charge is -2.33. The number of aromatic nitrogens is 1. The third kappa shape index (κ3) is 4.15. The van der Waals surface area contributed by atoms with E-state index >= 15 is 0 Å². The molecule has 6 nitrogen and oxygen atoms in total. The number of fused-ring (bicyclic) bond motifs is 1. The molecule has 4 rings (SSSR count). The quantitative estimate of drug-likeness (QED) is 0.789. The average molecular weight is 400 g/mol. The third-order valence-corrected chi connectivity index (χ3v) is 5.59. The molecule has 2 aromatic rings. The van der Waals surface area contributed by atoms with E-state index in [1.165, 1.54) is 17.2 Å². The van der Waals surface area contributed by atoms with Gasteiger partial charge in [-0.3, -0.25) is 14.7 Å². The van der Waals surface area contributed by atoms with Gasteiger partial charge in [0.25, 0.3) is 0 Å². The van der Waals surface area contributed by atoms with E-state index in [4.69, 9.17) is 10.00 Å². The van der Waals surface area contributed by atoms with Crippen LogP contribution < -0.4 is 4.74 Å². The molecule has 1 aromatic carbocycles. The lowest BCUT2D eigenvalue weighted by atomic mass is 10.1. The van der Waals surface area contributed by atoms with Crippen LogP contribution in [0.2, 0.25) is 0 Å². The summed E-state index contributed by atoms with van der Waals surface area (Å²) in [5, 5.41) is 9.75. The van der Waals surface area contributed by atoms with Crippen LogP contribution in [0.4, 0.5) is 8.78 Å². The molecule has 29 heavy (non-hydrogen) atoms. The summed E-state index contributed by atoms with van der Waals surface area (Å²) in [5.41, 5.74) is 0.289. The van der Waals surface area contributed by atoms with Crippen molar-refractivity contribution in [2.24, 2.45) is 0 Å². The third-order valence-electron chi connectivity index (χ3n) is 5.59. The fourth-order valence-corrected chi connectivity index (χ4v) is 4.05. The van der Waals surface area contributed by atoms with Crippen LogP contribution >= 0.6 is 0 Å². The second-order valence-electron chi connectivity index (χ2n) is 7.56. The van der Waals surface area contributed by atoms with Gasteiger partial charge < -0.3 is 9.64 Å². The molecule has 2 aliphatic rings. The summed E-state index contributed by atoms with van der Waals surface area (Å²) in [6, 6.07) is 7.87. The van der Waals surface area contributed by atoms with E-state index in [0.29, 0.717) is 24.2 Å². The molecule has 0 bridgehead atoms. The number of para-hydroxylation sites is 1. The molecule has 0 aliphatic carbocycles. The molecule has 0 spiro atoms. The first kappa shape index (κ1) is 19.5. The molecule has 1 amide bonds. The second kappa shape index (κ2) is 8.29. The van der Waals surface area contributed by atoms with Gasteiger partial charge in [-0.05, 0) is 31.0 Å². The molecule has 0 saturated carbocycles. The van der Waals surface area contributed by atoms with Crippen molar-refractivity contribution in [1.29, 1.82) is 5.26 Å². The van der Waals surface area contributed by atoms with Crippen LogP contribution in [-0.2, 0) is 4.79 Å². The normalized spacial score (nSPS) is 23.3. The summed E-state index contributed by atoms with van der Waals surface area (Å²) < 4.78 is 33.6. The SMILES string of the molecule is N#CC1C[C@H](F)CN1C(=O)CN1CCC(Oc2ccnc3c(F)cccc23)CC1. The van der Waals surface area contributed by atoms with Crippen molar-refractivity contribution in [3.05, 3.63) is 36.3 Å². The number of halogens is 2. The zero-order chi connectivity index (χ0) is 20.4. The van der Waals surface area contributed by atoms with Crippen LogP contribution in [0.3, 0.4) is 0 Å². The van der Waals surface area contributed by atoms with Gasteiger partial charge in [-0.25, -0.2) is 8.78 Å². The van der Waals surface area contributed by atoms with Crippen molar-refractivity contribution in [1.82, 2.24) is 14.8 Å². The van der Waals surface area contributed by atoms with Crippen molar-refractivity contribution in [2.45, 2.75) is 37.6 Å². The van der Waals surface area contributed by atoms with Gasteiger partial charge in [0.1, 0.15) is 35.4 Å². The summed E-state index contributed by atoms with van der Waals surface area (Å²) >= 11 is 0. The maximum atomic E-state index is 13.9. The number of carbonyl (C=O) groups excluding carboxylic acids is 1. The van der Waals surface area contributed by atoms with E-state index in [-0.39, 0.29) is 42.9 Å². The van der Waals surface area contributed by atoms with E-state index in [9.17, 15) is 13.6 Å². The Labute approximate surface area is 167 Å². The minimum atomic E-state index is -1.12. The zero-order valence-electron chi connectivity index (χ0n) is 15.9. The van der Waals surface area contributed by atoms with Crippen molar-refractivity contribution < 1.29 is 18.3 Å². The molecule has 2 saturated heterocycles. The van der Waals surface area contributed by atoms with Crippen molar-refractivity contribution in [2.75, 3.05) is 26.2 Å². The first-order chi connectivity index (χ1) is 14.0. The summed E-state index contributed by atoms with van der Waals surface area (Å²) in [7, 11) is 0. The lowest BCUT2D eigenvalue weighted by molar-refractivity contribution is -0.133. The largest absolute Gasteiger partial charge is 0.490 e. The van der Waals surface area contributed by atoms with Gasteiger partial charge >= 0.3 is 0 Å². The first-order valence-corrected chi connectivity index (χ1v) is 9.80. The summed E-state index contributed by atoms with van der Waals surface area (Å²) in [6.45, 7) is 1.51. The zero-order valence-corrected chi connectivity index (χ0v) is 15.9. The highest BCUT2D eigenvalue weighted by atomic mass is 19.1. The fourth-order valence-electron chi connectivity index (χ4n) is 4.05. The van der Waals surface area contributed by atoms with E-state index in [2.05, 4.69) is 4.98 Å². The van der Waals surface area contributed by atoms with Crippen LogP contribution in [0, 0.1) is 17.1 Å². The molecule has 0 N–H and O–H groups in total. The van der Waals surface area contributed by atoms with Gasteiger partial charge in [-0.15, -0.1) is 0 Å². The summed E-state index contributed by atoms with van der Waals surface area (Å²) in [4.78, 5) is 19.9. The van der Waals surface area contributed by atoms with Crippen molar-refractivity contribution in [3.63, 3.8) is 0 Å². The molecule has 2 fully saturated rings. The lowest BCUT2D eigenvalue weighted by Crippen LogP contribution is -2.46. The highest BCUT2D eigenvalue weighted by Crippen LogP contribution is 2.28. The Morgan fingerprint density at radius 1 is 1.31 bits per heavy atom. The Balaban J connectivity index is 1.33. The number of hydrogen-bond acceptors (Lipinski definition) is 5. The minimum absolute atomic E-state index is 0.00229. The Hall–Kier alpha value is -2.79. The van der Waals surface area contributed by atoms with Gasteiger partial charge in [0.05, 0.1) is 19.2 Å². The topological polar surface area (TPSA) is 69.5 Å². The number of ether oxygens (including phenoxy) is 1. The first-order valence-electron chi connectivity index (χ1n) is 9.80. The van der Waals surface area contributed by atoms with E-state index in [1.807, 2.05) is 11.0 Å². The van der Waals surface area contributed by atoms with Gasteiger partial charge in [0.15, 0.2) is 0 Å². The number of carbonyl (C=O) groups is 1. The number of piperidine rings is 1. The molecule has 3 heterocycles. The number of pyridine rings is 1. The van der Waals surface area contributed by atoms with Crippen molar-refractivity contribution in [3.8, 4) is 11.8 Å². The van der Waals surface area contributed by atoms with E-state index in [0.717, 1.165) is 12.8 Å². The van der Waals surface area contributed by atoms with E-state index in [1.54, 1.807) is 18.2 Å². The number of nitrogens with zero attached hydrogens (tertiary/aromatic N) is 4. The number of nitriles is 1. The molecule has 8 heteroatoms. The fraction of sp³-hybridized carbons (Fsp3) is 0.476. The van der Waals surface area contributed by atoms with Gasteiger partial charge in [0.2, 0.25) is 5.91 Å². The molecule has 152 valence electrons. The minimum Gasteiger partial charge on any atom is -0.490 e. The molecule has 2 atom stereocenters. The number of likely N-dealkylation sites (tertiary alicyclic amines) is 2. The Bertz CT molecular complexity index is 940. The summed E-state index contributed by atoms with van der Waals surface area (Å²) in [6.07, 6.45) is 1.92. The van der Waals surface area contributed by atoms with Crippen molar-refractivity contribution >= 4 is 16.8 Å². The van der Waals surface area contributed by atoms with Crippen LogP contribution in [0.15, 0.2) is 30.5 Å². The Kier molecular flexibility index (Phi) is 5.58. The predicted molar refractivity (Wildman–Crippen MR) is 102 cm³/mol. The molecule has 1 aromatic heterocycles. The standard InChI is InChI=1S/C21H22F2N4O2/c22-14-10-15(11-24)27(12-14)20(28)13-26-8-5-16(6-9-26)29-19-4-7-25-21-17(19)2-1-3-18(21)23/h1-4,7,14-16H,5-6,8-10,12-13H2/t14-,15?/m0/s1. The smallest absolute Gasteiger partial charge is 0.237 e. The van der Waals surface area contributed by atoms with Crippen LogP contribution in [-0.4, -0.2) is 65.2 Å². The molecule has 0 radical (unpaired) electrons. The average Bonchev–Trinajstić information content (AvgIpc) is 3.11. The number of alkyl halides is 1. The molecule has 1 unspecified atom stereocenters. The maximum Gasteiger partial charge on any atom is 0.237 e. The summed E-state index contributed by atoms with van der Waals surface area (Å²) in [5.74, 6) is 0.0213. The number of rotatable bonds is 4. The molecule has 2 aliphatic heterocycles. The highest BCUT2D eigenvalue weighted by Gasteiger charge is 2.36. The maximum absolute atomic E-state index is 13.9. The van der Waals surface area contributed by atoms with E-state index < -0.39 is 12.2 Å².